The van der Waals surface area contributed by atoms with Crippen LogP contribution >= 0.6 is 0 Å². The van der Waals surface area contributed by atoms with Gasteiger partial charge in [0.15, 0.2) is 6.29 Å². The van der Waals surface area contributed by atoms with Gasteiger partial charge in [-0.2, -0.15) is 0 Å². The first kappa shape index (κ1) is 12.8. The molecular formula is C9H18O6. The smallest absolute Gasteiger partial charge is 0.184 e. The summed E-state index contributed by atoms with van der Waals surface area (Å²) in [6, 6.07) is 0. The van der Waals surface area contributed by atoms with Crippen molar-refractivity contribution in [2.75, 3.05) is 27.9 Å². The van der Waals surface area contributed by atoms with Gasteiger partial charge in [-0.25, -0.2) is 0 Å². The molecular weight excluding hydrogens is 204 g/mol. The van der Waals surface area contributed by atoms with E-state index in [-0.39, 0.29) is 6.61 Å². The molecule has 0 spiro atoms. The molecule has 0 aliphatic carbocycles. The molecule has 0 aromatic carbocycles. The lowest BCUT2D eigenvalue weighted by Gasteiger charge is -2.41. The predicted molar refractivity (Wildman–Crippen MR) is 50.4 cm³/mol. The van der Waals surface area contributed by atoms with Crippen LogP contribution < -0.4 is 0 Å². The first-order chi connectivity index (χ1) is 7.15. The molecule has 6 nitrogen and oxygen atoms in total. The number of methoxy groups -OCH3 is 3. The molecule has 1 aliphatic heterocycles. The van der Waals surface area contributed by atoms with Gasteiger partial charge < -0.3 is 29.2 Å². The van der Waals surface area contributed by atoms with Crippen molar-refractivity contribution in [3.63, 3.8) is 0 Å². The van der Waals surface area contributed by atoms with E-state index in [1.807, 2.05) is 0 Å². The molecule has 0 aromatic rings. The van der Waals surface area contributed by atoms with Gasteiger partial charge in [0.2, 0.25) is 0 Å². The lowest BCUT2D eigenvalue weighted by molar-refractivity contribution is -0.296. The van der Waals surface area contributed by atoms with Crippen LogP contribution in [0.15, 0.2) is 0 Å². The van der Waals surface area contributed by atoms with Gasteiger partial charge in [0.1, 0.15) is 24.4 Å². The summed E-state index contributed by atoms with van der Waals surface area (Å²) >= 11 is 0. The molecule has 15 heavy (non-hydrogen) atoms. The zero-order valence-corrected chi connectivity index (χ0v) is 9.12. The number of ether oxygens (including phenoxy) is 4. The maximum atomic E-state index is 9.86. The van der Waals surface area contributed by atoms with Crippen LogP contribution in [0.4, 0.5) is 0 Å². The molecule has 0 amide bonds. The molecule has 1 unspecified atom stereocenters. The third-order valence-electron chi connectivity index (χ3n) is 2.51. The summed E-state index contributed by atoms with van der Waals surface area (Å²) in [5.41, 5.74) is 0. The van der Waals surface area contributed by atoms with Crippen LogP contribution in [0.1, 0.15) is 0 Å². The Kier molecular flexibility index (Phi) is 4.91. The summed E-state index contributed by atoms with van der Waals surface area (Å²) in [6.45, 7) is 0.189. The Morgan fingerprint density at radius 1 is 1.07 bits per heavy atom. The largest absolute Gasteiger partial charge is 0.387 e. The molecule has 1 heterocycles. The number of hydrogen-bond donors (Lipinski definition) is 2. The fourth-order valence-corrected chi connectivity index (χ4v) is 1.73. The molecule has 2 N–H and O–H groups in total. The van der Waals surface area contributed by atoms with E-state index in [0.29, 0.717) is 0 Å². The molecule has 1 rings (SSSR count). The van der Waals surface area contributed by atoms with Gasteiger partial charge in [-0.15, -0.1) is 0 Å². The normalized spacial score (nSPS) is 41.8. The highest BCUT2D eigenvalue weighted by atomic mass is 16.7. The Hall–Kier alpha value is -0.240. The quantitative estimate of drug-likeness (QED) is 0.618. The van der Waals surface area contributed by atoms with Crippen molar-refractivity contribution in [2.24, 2.45) is 0 Å². The van der Waals surface area contributed by atoms with Gasteiger partial charge in [0.05, 0.1) is 6.61 Å². The van der Waals surface area contributed by atoms with E-state index in [9.17, 15) is 10.2 Å². The highest BCUT2D eigenvalue weighted by molar-refractivity contribution is 4.90. The third-order valence-corrected chi connectivity index (χ3v) is 2.51. The maximum absolute atomic E-state index is 9.86. The zero-order chi connectivity index (χ0) is 11.4. The van der Waals surface area contributed by atoms with E-state index < -0.39 is 30.7 Å². The Morgan fingerprint density at radius 2 is 1.67 bits per heavy atom. The molecule has 1 aliphatic rings. The van der Waals surface area contributed by atoms with Crippen molar-refractivity contribution in [1.29, 1.82) is 0 Å². The minimum Gasteiger partial charge on any atom is -0.387 e. The fraction of sp³-hybridized carbons (Fsp3) is 1.00. The van der Waals surface area contributed by atoms with Crippen LogP contribution in [-0.2, 0) is 18.9 Å². The van der Waals surface area contributed by atoms with Crippen LogP contribution in [0, 0.1) is 0 Å². The first-order valence-electron chi connectivity index (χ1n) is 4.71. The van der Waals surface area contributed by atoms with Gasteiger partial charge in [-0.05, 0) is 0 Å². The first-order valence-corrected chi connectivity index (χ1v) is 4.71. The van der Waals surface area contributed by atoms with Gasteiger partial charge in [0, 0.05) is 21.3 Å². The zero-order valence-electron chi connectivity index (χ0n) is 9.12. The number of aliphatic hydroxyl groups is 2. The maximum Gasteiger partial charge on any atom is 0.184 e. The highest BCUT2D eigenvalue weighted by Crippen LogP contribution is 2.23. The van der Waals surface area contributed by atoms with Gasteiger partial charge >= 0.3 is 0 Å². The number of rotatable bonds is 4. The van der Waals surface area contributed by atoms with E-state index in [1.54, 1.807) is 0 Å². The number of hydrogen-bond acceptors (Lipinski definition) is 6. The SMILES string of the molecule is COC[C@H]1OC(O)[C@H](OC)[C@@H](OC)[C@@H]1O. The summed E-state index contributed by atoms with van der Waals surface area (Å²) in [5, 5.41) is 19.4. The molecule has 90 valence electrons. The minimum atomic E-state index is -1.12. The average molecular weight is 222 g/mol. The Bertz CT molecular complexity index is 187. The van der Waals surface area contributed by atoms with E-state index in [4.69, 9.17) is 18.9 Å². The molecule has 0 saturated carbocycles. The van der Waals surface area contributed by atoms with Crippen molar-refractivity contribution in [3.8, 4) is 0 Å². The number of aliphatic hydroxyl groups excluding tert-OH is 2. The second-order valence-corrected chi connectivity index (χ2v) is 3.41. The van der Waals surface area contributed by atoms with E-state index in [1.165, 1.54) is 21.3 Å². The Morgan fingerprint density at radius 3 is 2.13 bits per heavy atom. The van der Waals surface area contributed by atoms with E-state index in [2.05, 4.69) is 0 Å². The Balaban J connectivity index is 2.70. The molecule has 1 saturated heterocycles. The average Bonchev–Trinajstić information content (AvgIpc) is 2.22. The van der Waals surface area contributed by atoms with Crippen LogP contribution in [-0.4, -0.2) is 68.9 Å². The lowest BCUT2D eigenvalue weighted by atomic mass is 9.99. The van der Waals surface area contributed by atoms with Gasteiger partial charge in [0.25, 0.3) is 0 Å². The predicted octanol–water partition coefficient (Wildman–Crippen LogP) is -1.26. The molecule has 5 atom stereocenters. The van der Waals surface area contributed by atoms with Crippen molar-refractivity contribution in [3.05, 3.63) is 0 Å². The van der Waals surface area contributed by atoms with Gasteiger partial charge in [-0.1, -0.05) is 0 Å². The summed E-state index contributed by atoms with van der Waals surface area (Å²) in [7, 11) is 4.36. The monoisotopic (exact) mass is 222 g/mol. The highest BCUT2D eigenvalue weighted by Gasteiger charge is 2.45. The second kappa shape index (κ2) is 5.74. The molecule has 1 fully saturated rings. The second-order valence-electron chi connectivity index (χ2n) is 3.41. The van der Waals surface area contributed by atoms with Crippen molar-refractivity contribution >= 4 is 0 Å². The molecule has 0 bridgehead atoms. The third kappa shape index (κ3) is 2.66. The van der Waals surface area contributed by atoms with Crippen LogP contribution in [0.3, 0.4) is 0 Å². The molecule has 0 radical (unpaired) electrons. The van der Waals surface area contributed by atoms with Crippen molar-refractivity contribution < 1.29 is 29.2 Å². The lowest BCUT2D eigenvalue weighted by Crippen LogP contribution is -2.59. The fourth-order valence-electron chi connectivity index (χ4n) is 1.73. The van der Waals surface area contributed by atoms with E-state index >= 15 is 0 Å². The van der Waals surface area contributed by atoms with Crippen molar-refractivity contribution in [2.45, 2.75) is 30.7 Å². The van der Waals surface area contributed by atoms with Gasteiger partial charge in [-0.3, -0.25) is 0 Å². The minimum absolute atomic E-state index is 0.189. The molecule has 6 heteroatoms. The van der Waals surface area contributed by atoms with Crippen LogP contribution in [0.2, 0.25) is 0 Å². The van der Waals surface area contributed by atoms with Crippen LogP contribution in [0.25, 0.3) is 0 Å². The topological polar surface area (TPSA) is 77.4 Å². The summed E-state index contributed by atoms with van der Waals surface area (Å²) in [5.74, 6) is 0. The summed E-state index contributed by atoms with van der Waals surface area (Å²) in [4.78, 5) is 0. The van der Waals surface area contributed by atoms with Crippen LogP contribution in [0.5, 0.6) is 0 Å². The standard InChI is InChI=1S/C9H18O6/c1-12-4-5-6(10)7(13-2)8(14-3)9(11)15-5/h5-11H,4H2,1-3H3/t5-,6-,7+,8-,9?/m1/s1. The van der Waals surface area contributed by atoms with E-state index in [0.717, 1.165) is 0 Å². The Labute approximate surface area is 88.7 Å². The van der Waals surface area contributed by atoms with Crippen molar-refractivity contribution in [1.82, 2.24) is 0 Å². The molecule has 0 aromatic heterocycles. The summed E-state index contributed by atoms with van der Waals surface area (Å²) in [6.07, 6.45) is -3.94. The summed E-state index contributed by atoms with van der Waals surface area (Å²) < 4.78 is 20.1.